The summed E-state index contributed by atoms with van der Waals surface area (Å²) in [6, 6.07) is 10.0. The van der Waals surface area contributed by atoms with Gasteiger partial charge in [0.25, 0.3) is 5.91 Å². The Morgan fingerprint density at radius 2 is 2.19 bits per heavy atom. The van der Waals surface area contributed by atoms with Gasteiger partial charge in [-0.15, -0.1) is 0 Å². The minimum atomic E-state index is 0.192. The highest BCUT2D eigenvalue weighted by Crippen LogP contribution is 2.22. The second-order valence-corrected chi connectivity index (χ2v) is 5.03. The van der Waals surface area contributed by atoms with E-state index in [9.17, 15) is 4.79 Å². The van der Waals surface area contributed by atoms with Gasteiger partial charge in [0.15, 0.2) is 0 Å². The second kappa shape index (κ2) is 5.39. The van der Waals surface area contributed by atoms with Crippen molar-refractivity contribution in [3.8, 4) is 0 Å². The van der Waals surface area contributed by atoms with Gasteiger partial charge in [0.2, 0.25) is 0 Å². The highest BCUT2D eigenvalue weighted by Gasteiger charge is 2.28. The molecule has 86 valence electrons. The minimum absolute atomic E-state index is 0.192. The molecule has 0 bridgehead atoms. The van der Waals surface area contributed by atoms with Crippen LogP contribution >= 0.6 is 11.8 Å². The lowest BCUT2D eigenvalue weighted by Crippen LogP contribution is -2.36. The molecule has 1 unspecified atom stereocenters. The summed E-state index contributed by atoms with van der Waals surface area (Å²) in [5.74, 6) is 1.25. The lowest BCUT2D eigenvalue weighted by atomic mass is 10.2. The molecular weight excluding hydrogens is 218 g/mol. The largest absolute Gasteiger partial charge is 0.335 e. The summed E-state index contributed by atoms with van der Waals surface area (Å²) in [6.07, 6.45) is 4.40. The number of rotatable bonds is 3. The maximum atomic E-state index is 12.2. The van der Waals surface area contributed by atoms with Crippen LogP contribution in [0.4, 0.5) is 0 Å². The van der Waals surface area contributed by atoms with Crippen LogP contribution in [0, 0.1) is 0 Å². The van der Waals surface area contributed by atoms with Gasteiger partial charge >= 0.3 is 0 Å². The average molecular weight is 235 g/mol. The fourth-order valence-corrected chi connectivity index (χ4v) is 2.95. The summed E-state index contributed by atoms with van der Waals surface area (Å²) in [5, 5.41) is 0. The number of benzene rings is 1. The molecule has 1 heterocycles. The molecule has 0 N–H and O–H groups in total. The van der Waals surface area contributed by atoms with E-state index >= 15 is 0 Å². The predicted octanol–water partition coefficient (Wildman–Crippen LogP) is 2.65. The Hall–Kier alpha value is -0.960. The molecule has 0 saturated carbocycles. The summed E-state index contributed by atoms with van der Waals surface area (Å²) in [5.41, 5.74) is 0.815. The summed E-state index contributed by atoms with van der Waals surface area (Å²) in [7, 11) is 0. The van der Waals surface area contributed by atoms with Crippen molar-refractivity contribution in [1.82, 2.24) is 4.90 Å². The van der Waals surface area contributed by atoms with E-state index in [-0.39, 0.29) is 5.91 Å². The van der Waals surface area contributed by atoms with Crippen LogP contribution in [0.25, 0.3) is 0 Å². The number of carbonyl (C=O) groups excluding carboxylic acids is 1. The Labute approximate surface area is 101 Å². The van der Waals surface area contributed by atoms with Crippen molar-refractivity contribution in [3.05, 3.63) is 35.9 Å². The molecule has 1 aliphatic heterocycles. The van der Waals surface area contributed by atoms with Crippen LogP contribution in [0.2, 0.25) is 0 Å². The molecule has 0 spiro atoms. The Morgan fingerprint density at radius 3 is 2.88 bits per heavy atom. The van der Waals surface area contributed by atoms with Crippen molar-refractivity contribution < 1.29 is 4.79 Å². The molecule has 1 atom stereocenters. The lowest BCUT2D eigenvalue weighted by Gasteiger charge is -2.24. The number of nitrogens with zero attached hydrogens (tertiary/aromatic N) is 1. The molecule has 1 aromatic rings. The van der Waals surface area contributed by atoms with Crippen LogP contribution in [-0.4, -0.2) is 35.4 Å². The normalized spacial score (nSPS) is 20.1. The van der Waals surface area contributed by atoms with Gasteiger partial charge in [0.1, 0.15) is 0 Å². The molecule has 3 heteroatoms. The molecule has 1 aliphatic rings. The molecule has 2 nitrogen and oxygen atoms in total. The first-order valence-corrected chi connectivity index (χ1v) is 7.07. The summed E-state index contributed by atoms with van der Waals surface area (Å²) in [6.45, 7) is 0.916. The van der Waals surface area contributed by atoms with E-state index in [1.54, 1.807) is 0 Å². The Kier molecular flexibility index (Phi) is 3.88. The Balaban J connectivity index is 2.09. The SMILES string of the molecule is CSCC1CCCN1C(=O)c1ccccc1. The predicted molar refractivity (Wildman–Crippen MR) is 68.9 cm³/mol. The smallest absolute Gasteiger partial charge is 0.254 e. The molecule has 0 aliphatic carbocycles. The van der Waals surface area contributed by atoms with E-state index < -0.39 is 0 Å². The number of carbonyl (C=O) groups is 1. The standard InChI is InChI=1S/C13H17NOS/c1-16-10-12-8-5-9-14(12)13(15)11-6-3-2-4-7-11/h2-4,6-7,12H,5,8-10H2,1H3. The van der Waals surface area contributed by atoms with Gasteiger partial charge in [-0.1, -0.05) is 18.2 Å². The molecule has 16 heavy (non-hydrogen) atoms. The van der Waals surface area contributed by atoms with Crippen molar-refractivity contribution in [2.75, 3.05) is 18.6 Å². The van der Waals surface area contributed by atoms with Gasteiger partial charge in [-0.05, 0) is 31.2 Å². The molecule has 1 fully saturated rings. The van der Waals surface area contributed by atoms with E-state index in [1.807, 2.05) is 47.0 Å². The Morgan fingerprint density at radius 1 is 1.44 bits per heavy atom. The molecule has 0 aromatic heterocycles. The number of thioether (sulfide) groups is 1. The molecule has 0 radical (unpaired) electrons. The third-order valence-corrected chi connectivity index (χ3v) is 3.74. The van der Waals surface area contributed by atoms with E-state index in [1.165, 1.54) is 0 Å². The van der Waals surface area contributed by atoms with Gasteiger partial charge in [-0.25, -0.2) is 0 Å². The number of amides is 1. The number of hydrogen-bond donors (Lipinski definition) is 0. The van der Waals surface area contributed by atoms with Gasteiger partial charge in [-0.2, -0.15) is 11.8 Å². The lowest BCUT2D eigenvalue weighted by molar-refractivity contribution is 0.0750. The third-order valence-electron chi connectivity index (χ3n) is 3.02. The van der Waals surface area contributed by atoms with Crippen LogP contribution in [-0.2, 0) is 0 Å². The van der Waals surface area contributed by atoms with Gasteiger partial charge < -0.3 is 4.90 Å². The van der Waals surface area contributed by atoms with Crippen LogP contribution in [0.1, 0.15) is 23.2 Å². The van der Waals surface area contributed by atoms with Crippen molar-refractivity contribution in [2.24, 2.45) is 0 Å². The fourth-order valence-electron chi connectivity index (χ4n) is 2.22. The highest BCUT2D eigenvalue weighted by atomic mass is 32.2. The van der Waals surface area contributed by atoms with Crippen LogP contribution in [0.5, 0.6) is 0 Å². The number of hydrogen-bond acceptors (Lipinski definition) is 2. The minimum Gasteiger partial charge on any atom is -0.335 e. The summed E-state index contributed by atoms with van der Waals surface area (Å²) in [4.78, 5) is 14.3. The van der Waals surface area contributed by atoms with E-state index in [0.29, 0.717) is 6.04 Å². The van der Waals surface area contributed by atoms with Crippen LogP contribution in [0.15, 0.2) is 30.3 Å². The highest BCUT2D eigenvalue weighted by molar-refractivity contribution is 7.98. The van der Waals surface area contributed by atoms with Crippen molar-refractivity contribution in [3.63, 3.8) is 0 Å². The number of likely N-dealkylation sites (tertiary alicyclic amines) is 1. The molecule has 2 rings (SSSR count). The first-order chi connectivity index (χ1) is 7.83. The maximum absolute atomic E-state index is 12.2. The van der Waals surface area contributed by atoms with Gasteiger partial charge in [-0.3, -0.25) is 4.79 Å². The van der Waals surface area contributed by atoms with E-state index in [2.05, 4.69) is 6.26 Å². The summed E-state index contributed by atoms with van der Waals surface area (Å²) >= 11 is 1.82. The van der Waals surface area contributed by atoms with Crippen LogP contribution in [0.3, 0.4) is 0 Å². The average Bonchev–Trinajstić information content (AvgIpc) is 2.78. The van der Waals surface area contributed by atoms with Crippen molar-refractivity contribution in [1.29, 1.82) is 0 Å². The molecular formula is C13H17NOS. The third kappa shape index (κ3) is 2.40. The van der Waals surface area contributed by atoms with Crippen LogP contribution < -0.4 is 0 Å². The van der Waals surface area contributed by atoms with E-state index in [4.69, 9.17) is 0 Å². The van der Waals surface area contributed by atoms with Crippen molar-refractivity contribution in [2.45, 2.75) is 18.9 Å². The zero-order valence-corrected chi connectivity index (χ0v) is 10.4. The van der Waals surface area contributed by atoms with Crippen molar-refractivity contribution >= 4 is 17.7 Å². The quantitative estimate of drug-likeness (QED) is 0.802. The van der Waals surface area contributed by atoms with Gasteiger partial charge in [0, 0.05) is 23.9 Å². The molecule has 1 amide bonds. The topological polar surface area (TPSA) is 20.3 Å². The summed E-state index contributed by atoms with van der Waals surface area (Å²) < 4.78 is 0. The monoisotopic (exact) mass is 235 g/mol. The fraction of sp³-hybridized carbons (Fsp3) is 0.462. The zero-order chi connectivity index (χ0) is 11.4. The first-order valence-electron chi connectivity index (χ1n) is 5.68. The van der Waals surface area contributed by atoms with E-state index in [0.717, 1.165) is 30.7 Å². The molecule has 1 saturated heterocycles. The molecule has 1 aromatic carbocycles. The zero-order valence-electron chi connectivity index (χ0n) is 9.56. The first kappa shape index (κ1) is 11.5. The van der Waals surface area contributed by atoms with Gasteiger partial charge in [0.05, 0.1) is 0 Å². The second-order valence-electron chi connectivity index (χ2n) is 4.12. The maximum Gasteiger partial charge on any atom is 0.254 e. The Bertz CT molecular complexity index is 352.